The summed E-state index contributed by atoms with van der Waals surface area (Å²) in [7, 11) is 0. The van der Waals surface area contributed by atoms with Crippen molar-refractivity contribution < 1.29 is 9.59 Å². The Morgan fingerprint density at radius 3 is 1.76 bits per heavy atom. The molecule has 0 fully saturated rings. The van der Waals surface area contributed by atoms with Gasteiger partial charge >= 0.3 is 0 Å². The Bertz CT molecular complexity index is 862. The van der Waals surface area contributed by atoms with E-state index in [1.807, 2.05) is 13.8 Å². The maximum atomic E-state index is 13.2. The summed E-state index contributed by atoms with van der Waals surface area (Å²) in [6, 6.07) is 9.32. The number of carbonyl (C=O) groups is 2. The summed E-state index contributed by atoms with van der Waals surface area (Å²) in [5.41, 5.74) is 1.08. The molecule has 0 aliphatic carbocycles. The molecule has 1 N–H and O–H groups in total. The van der Waals surface area contributed by atoms with Crippen LogP contribution in [0.3, 0.4) is 0 Å². The van der Waals surface area contributed by atoms with E-state index >= 15 is 0 Å². The fourth-order valence-corrected chi connectivity index (χ4v) is 3.84. The average molecular weight is 476 g/mol. The molecule has 0 aliphatic heterocycles. The van der Waals surface area contributed by atoms with Gasteiger partial charge in [0, 0.05) is 38.2 Å². The predicted octanol–water partition coefficient (Wildman–Crippen LogP) is 5.78. The molecule has 2 aromatic rings. The van der Waals surface area contributed by atoms with Crippen molar-refractivity contribution in [3.05, 3.63) is 67.6 Å². The van der Waals surface area contributed by atoms with Gasteiger partial charge in [0.05, 0.1) is 6.42 Å². The highest BCUT2D eigenvalue weighted by Crippen LogP contribution is 2.29. The Morgan fingerprint density at radius 2 is 1.31 bits per heavy atom. The van der Waals surface area contributed by atoms with Crippen LogP contribution in [0, 0.1) is 0 Å². The van der Waals surface area contributed by atoms with Crippen molar-refractivity contribution in [3.8, 4) is 0 Å². The zero-order valence-electron chi connectivity index (χ0n) is 16.3. The van der Waals surface area contributed by atoms with Gasteiger partial charge in [-0.1, -0.05) is 58.5 Å². The highest BCUT2D eigenvalue weighted by Gasteiger charge is 2.28. The number of hydrogen-bond acceptors (Lipinski definition) is 2. The second-order valence-corrected chi connectivity index (χ2v) is 8.57. The number of hydrogen-bond donors (Lipinski definition) is 1. The molecule has 2 amide bonds. The van der Waals surface area contributed by atoms with Crippen molar-refractivity contribution >= 4 is 58.2 Å². The molecule has 0 saturated heterocycles. The summed E-state index contributed by atoms with van der Waals surface area (Å²) in [4.78, 5) is 27.3. The maximum absolute atomic E-state index is 13.2. The number of benzene rings is 2. The number of carbonyl (C=O) groups excluding carboxylic acids is 2. The molecule has 2 aromatic carbocycles. The standard InChI is InChI=1S/C21H22Cl4N2O2/c1-12(2)26-21(29)13(3)27(11-15-18(24)8-5-9-19(15)25)20(28)10-14-16(22)6-4-7-17(14)23/h4-9,12-13H,10-11H2,1-3H3,(H,26,29)/t13-/m1/s1. The Morgan fingerprint density at radius 1 is 0.862 bits per heavy atom. The lowest BCUT2D eigenvalue weighted by molar-refractivity contribution is -0.140. The zero-order valence-corrected chi connectivity index (χ0v) is 19.3. The largest absolute Gasteiger partial charge is 0.352 e. The van der Waals surface area contributed by atoms with Crippen LogP contribution >= 0.6 is 46.4 Å². The monoisotopic (exact) mass is 474 g/mol. The molecule has 0 bridgehead atoms. The van der Waals surface area contributed by atoms with E-state index < -0.39 is 6.04 Å². The van der Waals surface area contributed by atoms with E-state index in [0.29, 0.717) is 31.2 Å². The second kappa shape index (κ2) is 10.5. The van der Waals surface area contributed by atoms with Crippen LogP contribution in [0.25, 0.3) is 0 Å². The van der Waals surface area contributed by atoms with Crippen LogP contribution in [0.1, 0.15) is 31.9 Å². The normalized spacial score (nSPS) is 12.0. The van der Waals surface area contributed by atoms with Gasteiger partial charge in [0.2, 0.25) is 11.8 Å². The molecule has 0 aromatic heterocycles. The van der Waals surface area contributed by atoms with Crippen LogP contribution in [-0.2, 0) is 22.6 Å². The summed E-state index contributed by atoms with van der Waals surface area (Å²) in [6.07, 6.45) is -0.0557. The summed E-state index contributed by atoms with van der Waals surface area (Å²) < 4.78 is 0. The molecule has 2 rings (SSSR count). The minimum Gasteiger partial charge on any atom is -0.352 e. The Kier molecular flexibility index (Phi) is 8.65. The minimum atomic E-state index is -0.751. The van der Waals surface area contributed by atoms with Crippen LogP contribution in [0.4, 0.5) is 0 Å². The number of rotatable bonds is 7. The first-order chi connectivity index (χ1) is 13.6. The van der Waals surface area contributed by atoms with Crippen molar-refractivity contribution in [2.75, 3.05) is 0 Å². The third-order valence-corrected chi connectivity index (χ3v) is 5.79. The third kappa shape index (κ3) is 6.26. The topological polar surface area (TPSA) is 49.4 Å². The first-order valence-corrected chi connectivity index (χ1v) is 10.6. The van der Waals surface area contributed by atoms with Crippen molar-refractivity contribution in [3.63, 3.8) is 0 Å². The molecule has 0 radical (unpaired) electrons. The SMILES string of the molecule is CC(C)NC(=O)[C@@H](C)N(Cc1c(Cl)cccc1Cl)C(=O)Cc1c(Cl)cccc1Cl. The van der Waals surface area contributed by atoms with E-state index in [1.54, 1.807) is 43.3 Å². The molecule has 1 atom stereocenters. The molecule has 156 valence electrons. The van der Waals surface area contributed by atoms with Gasteiger partial charge in [0.15, 0.2) is 0 Å². The molecule has 0 spiro atoms. The van der Waals surface area contributed by atoms with Gasteiger partial charge in [-0.05, 0) is 50.6 Å². The zero-order chi connectivity index (χ0) is 21.7. The van der Waals surface area contributed by atoms with E-state index in [4.69, 9.17) is 46.4 Å². The van der Waals surface area contributed by atoms with Crippen LogP contribution in [-0.4, -0.2) is 28.8 Å². The minimum absolute atomic E-state index is 0.0557. The van der Waals surface area contributed by atoms with Crippen LogP contribution in [0.15, 0.2) is 36.4 Å². The number of amides is 2. The lowest BCUT2D eigenvalue weighted by Gasteiger charge is -2.30. The van der Waals surface area contributed by atoms with Gasteiger partial charge in [-0.25, -0.2) is 0 Å². The van der Waals surface area contributed by atoms with Gasteiger partial charge in [-0.15, -0.1) is 0 Å². The lowest BCUT2D eigenvalue weighted by atomic mass is 10.1. The highest BCUT2D eigenvalue weighted by molar-refractivity contribution is 6.36. The summed E-state index contributed by atoms with van der Waals surface area (Å²) in [6.45, 7) is 5.44. The molecule has 0 saturated carbocycles. The fourth-order valence-electron chi connectivity index (χ4n) is 2.80. The van der Waals surface area contributed by atoms with Gasteiger partial charge < -0.3 is 10.2 Å². The molecule has 0 heterocycles. The van der Waals surface area contributed by atoms with Gasteiger partial charge in [-0.3, -0.25) is 9.59 Å². The van der Waals surface area contributed by atoms with Gasteiger partial charge in [0.1, 0.15) is 6.04 Å². The second-order valence-electron chi connectivity index (χ2n) is 6.94. The Labute approximate surface area is 191 Å². The Hall–Kier alpha value is -1.46. The predicted molar refractivity (Wildman–Crippen MR) is 120 cm³/mol. The molecule has 0 aliphatic rings. The van der Waals surface area contributed by atoms with Crippen LogP contribution in [0.2, 0.25) is 20.1 Å². The molecular weight excluding hydrogens is 454 g/mol. The number of nitrogens with one attached hydrogen (secondary N) is 1. The van der Waals surface area contributed by atoms with Crippen molar-refractivity contribution in [1.82, 2.24) is 10.2 Å². The first kappa shape index (κ1) is 23.8. The van der Waals surface area contributed by atoms with Crippen molar-refractivity contribution in [1.29, 1.82) is 0 Å². The third-order valence-electron chi connectivity index (χ3n) is 4.38. The summed E-state index contributed by atoms with van der Waals surface area (Å²) in [5.74, 6) is -0.593. The molecular formula is C21H22Cl4N2O2. The molecule has 4 nitrogen and oxygen atoms in total. The fraction of sp³-hybridized carbons (Fsp3) is 0.333. The van der Waals surface area contributed by atoms with Crippen LogP contribution < -0.4 is 5.32 Å². The quantitative estimate of drug-likeness (QED) is 0.551. The summed E-state index contributed by atoms with van der Waals surface area (Å²) >= 11 is 25.0. The molecule has 0 unspecified atom stereocenters. The number of nitrogens with zero attached hydrogens (tertiary/aromatic N) is 1. The van der Waals surface area contributed by atoms with E-state index in [1.165, 1.54) is 4.90 Å². The number of halogens is 4. The highest BCUT2D eigenvalue weighted by atomic mass is 35.5. The molecule has 8 heteroatoms. The summed E-state index contributed by atoms with van der Waals surface area (Å²) in [5, 5.41) is 4.45. The van der Waals surface area contributed by atoms with E-state index in [0.717, 1.165) is 0 Å². The van der Waals surface area contributed by atoms with Crippen molar-refractivity contribution in [2.45, 2.75) is 45.8 Å². The van der Waals surface area contributed by atoms with Gasteiger partial charge in [0.25, 0.3) is 0 Å². The van der Waals surface area contributed by atoms with E-state index in [2.05, 4.69) is 5.32 Å². The van der Waals surface area contributed by atoms with E-state index in [-0.39, 0.29) is 30.8 Å². The first-order valence-electron chi connectivity index (χ1n) is 9.07. The lowest BCUT2D eigenvalue weighted by Crippen LogP contribution is -2.49. The van der Waals surface area contributed by atoms with Gasteiger partial charge in [-0.2, -0.15) is 0 Å². The smallest absolute Gasteiger partial charge is 0.242 e. The van der Waals surface area contributed by atoms with Crippen LogP contribution in [0.5, 0.6) is 0 Å². The Balaban J connectivity index is 2.38. The maximum Gasteiger partial charge on any atom is 0.242 e. The van der Waals surface area contributed by atoms with Crippen molar-refractivity contribution in [2.24, 2.45) is 0 Å². The van der Waals surface area contributed by atoms with E-state index in [9.17, 15) is 9.59 Å². The average Bonchev–Trinajstić information content (AvgIpc) is 2.63. The molecule has 29 heavy (non-hydrogen) atoms.